The summed E-state index contributed by atoms with van der Waals surface area (Å²) in [6, 6.07) is 0. The molecule has 0 aliphatic heterocycles. The highest BCUT2D eigenvalue weighted by atomic mass is 16.6. The van der Waals surface area contributed by atoms with Crippen LogP contribution in [0.2, 0.25) is 0 Å². The van der Waals surface area contributed by atoms with Gasteiger partial charge in [0.25, 0.3) is 0 Å². The van der Waals surface area contributed by atoms with E-state index in [-0.39, 0.29) is 11.9 Å². The molecule has 0 aromatic rings. The Morgan fingerprint density at radius 1 is 1.11 bits per heavy atom. The third-order valence-electron chi connectivity index (χ3n) is 2.92. The SMILES string of the molecule is CCCCCC(=O)OC(C(=O)OCC)C(C)CC. The van der Waals surface area contributed by atoms with Crippen molar-refractivity contribution in [3.05, 3.63) is 0 Å². The lowest BCUT2D eigenvalue weighted by molar-refractivity contribution is -0.171. The van der Waals surface area contributed by atoms with E-state index in [1.807, 2.05) is 13.8 Å². The van der Waals surface area contributed by atoms with E-state index < -0.39 is 12.1 Å². The molecule has 0 rings (SSSR count). The first kappa shape index (κ1) is 16.9. The van der Waals surface area contributed by atoms with E-state index in [9.17, 15) is 9.59 Å². The van der Waals surface area contributed by atoms with Crippen molar-refractivity contribution >= 4 is 11.9 Å². The van der Waals surface area contributed by atoms with Crippen LogP contribution in [0, 0.1) is 5.92 Å². The maximum Gasteiger partial charge on any atom is 0.347 e. The van der Waals surface area contributed by atoms with Crippen molar-refractivity contribution in [3.63, 3.8) is 0 Å². The Kier molecular flexibility index (Phi) is 9.33. The number of ether oxygens (including phenoxy) is 2. The van der Waals surface area contributed by atoms with Crippen LogP contribution in [-0.4, -0.2) is 24.6 Å². The number of hydrogen-bond acceptors (Lipinski definition) is 4. The Labute approximate surface area is 110 Å². The smallest absolute Gasteiger partial charge is 0.347 e. The van der Waals surface area contributed by atoms with Gasteiger partial charge in [-0.15, -0.1) is 0 Å². The van der Waals surface area contributed by atoms with Crippen LogP contribution in [0.4, 0.5) is 0 Å². The molecule has 0 amide bonds. The fraction of sp³-hybridized carbons (Fsp3) is 0.857. The molecule has 18 heavy (non-hydrogen) atoms. The summed E-state index contributed by atoms with van der Waals surface area (Å²) >= 11 is 0. The molecule has 0 aliphatic rings. The van der Waals surface area contributed by atoms with E-state index in [1.54, 1.807) is 6.92 Å². The van der Waals surface area contributed by atoms with E-state index in [2.05, 4.69) is 6.92 Å². The normalized spacial score (nSPS) is 13.8. The quantitative estimate of drug-likeness (QED) is 0.471. The average Bonchev–Trinajstić information content (AvgIpc) is 2.35. The van der Waals surface area contributed by atoms with Gasteiger partial charge in [0.15, 0.2) is 0 Å². The van der Waals surface area contributed by atoms with Crippen LogP contribution in [0.15, 0.2) is 0 Å². The molecule has 0 fully saturated rings. The molecule has 106 valence electrons. The van der Waals surface area contributed by atoms with Crippen molar-refractivity contribution in [1.29, 1.82) is 0 Å². The van der Waals surface area contributed by atoms with E-state index >= 15 is 0 Å². The Bertz CT molecular complexity index is 250. The van der Waals surface area contributed by atoms with Crippen molar-refractivity contribution in [3.8, 4) is 0 Å². The van der Waals surface area contributed by atoms with Crippen LogP contribution in [0.1, 0.15) is 59.8 Å². The van der Waals surface area contributed by atoms with Crippen LogP contribution in [0.5, 0.6) is 0 Å². The average molecular weight is 258 g/mol. The zero-order valence-corrected chi connectivity index (χ0v) is 12.0. The second-order valence-corrected chi connectivity index (χ2v) is 4.51. The largest absolute Gasteiger partial charge is 0.463 e. The Morgan fingerprint density at radius 3 is 2.28 bits per heavy atom. The predicted molar refractivity (Wildman–Crippen MR) is 70.1 cm³/mol. The third-order valence-corrected chi connectivity index (χ3v) is 2.92. The Hall–Kier alpha value is -1.06. The highest BCUT2D eigenvalue weighted by molar-refractivity contribution is 5.79. The van der Waals surface area contributed by atoms with E-state index in [4.69, 9.17) is 9.47 Å². The highest BCUT2D eigenvalue weighted by Gasteiger charge is 2.29. The fourth-order valence-electron chi connectivity index (χ4n) is 1.55. The van der Waals surface area contributed by atoms with Gasteiger partial charge in [0, 0.05) is 12.3 Å². The number of esters is 2. The van der Waals surface area contributed by atoms with Gasteiger partial charge in [-0.25, -0.2) is 4.79 Å². The summed E-state index contributed by atoms with van der Waals surface area (Å²) in [4.78, 5) is 23.3. The van der Waals surface area contributed by atoms with Crippen LogP contribution < -0.4 is 0 Å². The number of carbonyl (C=O) groups excluding carboxylic acids is 2. The van der Waals surface area contributed by atoms with Gasteiger partial charge < -0.3 is 9.47 Å². The van der Waals surface area contributed by atoms with E-state index in [0.29, 0.717) is 13.0 Å². The van der Waals surface area contributed by atoms with Gasteiger partial charge in [-0.1, -0.05) is 33.6 Å². The molecule has 0 aliphatic carbocycles. The fourth-order valence-corrected chi connectivity index (χ4v) is 1.55. The molecule has 2 atom stereocenters. The molecule has 4 heteroatoms. The van der Waals surface area contributed by atoms with Crippen LogP contribution >= 0.6 is 0 Å². The monoisotopic (exact) mass is 258 g/mol. The maximum atomic E-state index is 11.7. The number of hydrogen-bond donors (Lipinski definition) is 0. The molecule has 0 aromatic carbocycles. The number of carbonyl (C=O) groups is 2. The predicted octanol–water partition coefficient (Wildman–Crippen LogP) is 3.09. The molecule has 0 spiro atoms. The molecular formula is C14H26O4. The standard InChI is InChI=1S/C14H26O4/c1-5-8-9-10-12(15)18-13(11(4)6-2)14(16)17-7-3/h11,13H,5-10H2,1-4H3. The van der Waals surface area contributed by atoms with Crippen molar-refractivity contribution in [1.82, 2.24) is 0 Å². The van der Waals surface area contributed by atoms with Crippen LogP contribution in [0.3, 0.4) is 0 Å². The lowest BCUT2D eigenvalue weighted by atomic mass is 10.0. The molecule has 0 heterocycles. The summed E-state index contributed by atoms with van der Waals surface area (Å²) in [6.45, 7) is 7.97. The Balaban J connectivity index is 4.31. The molecule has 0 saturated carbocycles. The van der Waals surface area contributed by atoms with Gasteiger partial charge in [0.2, 0.25) is 6.10 Å². The third kappa shape index (κ3) is 6.62. The zero-order chi connectivity index (χ0) is 14.0. The van der Waals surface area contributed by atoms with Crippen LogP contribution in [-0.2, 0) is 19.1 Å². The summed E-state index contributed by atoms with van der Waals surface area (Å²) in [5.41, 5.74) is 0. The lowest BCUT2D eigenvalue weighted by Crippen LogP contribution is -2.34. The zero-order valence-electron chi connectivity index (χ0n) is 12.0. The molecule has 0 bridgehead atoms. The first-order valence-electron chi connectivity index (χ1n) is 6.92. The van der Waals surface area contributed by atoms with E-state index in [1.165, 1.54) is 0 Å². The highest BCUT2D eigenvalue weighted by Crippen LogP contribution is 2.15. The summed E-state index contributed by atoms with van der Waals surface area (Å²) < 4.78 is 10.2. The van der Waals surface area contributed by atoms with E-state index in [0.717, 1.165) is 25.7 Å². The first-order valence-corrected chi connectivity index (χ1v) is 6.92. The van der Waals surface area contributed by atoms with Gasteiger partial charge >= 0.3 is 11.9 Å². The number of unbranched alkanes of at least 4 members (excludes halogenated alkanes) is 2. The van der Waals surface area contributed by atoms with Crippen LogP contribution in [0.25, 0.3) is 0 Å². The summed E-state index contributed by atoms with van der Waals surface area (Å²) in [5, 5.41) is 0. The second-order valence-electron chi connectivity index (χ2n) is 4.51. The molecule has 4 nitrogen and oxygen atoms in total. The van der Waals surface area contributed by atoms with Crippen molar-refractivity contribution in [2.24, 2.45) is 5.92 Å². The Morgan fingerprint density at radius 2 is 1.78 bits per heavy atom. The lowest BCUT2D eigenvalue weighted by Gasteiger charge is -2.21. The minimum atomic E-state index is -0.760. The summed E-state index contributed by atoms with van der Waals surface area (Å²) in [5.74, 6) is -0.753. The van der Waals surface area contributed by atoms with Crippen molar-refractivity contribution < 1.29 is 19.1 Å². The molecule has 0 N–H and O–H groups in total. The minimum absolute atomic E-state index is 0.0147. The summed E-state index contributed by atoms with van der Waals surface area (Å²) in [6.07, 6.45) is 3.25. The topological polar surface area (TPSA) is 52.6 Å². The molecule has 0 saturated heterocycles. The second kappa shape index (κ2) is 9.92. The molecule has 0 radical (unpaired) electrons. The number of rotatable bonds is 9. The molecule has 0 aromatic heterocycles. The van der Waals surface area contributed by atoms with Crippen molar-refractivity contribution in [2.45, 2.75) is 65.9 Å². The maximum absolute atomic E-state index is 11.7. The first-order chi connectivity index (χ1) is 8.56. The van der Waals surface area contributed by atoms with Gasteiger partial charge in [-0.2, -0.15) is 0 Å². The molecular weight excluding hydrogens is 232 g/mol. The van der Waals surface area contributed by atoms with Gasteiger partial charge in [0.1, 0.15) is 0 Å². The van der Waals surface area contributed by atoms with Crippen molar-refractivity contribution in [2.75, 3.05) is 6.61 Å². The summed E-state index contributed by atoms with van der Waals surface area (Å²) in [7, 11) is 0. The van der Waals surface area contributed by atoms with Gasteiger partial charge in [-0.3, -0.25) is 4.79 Å². The minimum Gasteiger partial charge on any atom is -0.463 e. The van der Waals surface area contributed by atoms with Gasteiger partial charge in [-0.05, 0) is 19.8 Å². The van der Waals surface area contributed by atoms with Gasteiger partial charge in [0.05, 0.1) is 6.61 Å². The molecule has 2 unspecified atom stereocenters.